The standard InChI is InChI=1S/C18H22N2O4/c1-22-15-4-3-13(11-16(15)23-2)12-20-8-5-14(6-9-20)17(21)18-19-7-10-24-18/h3-4,7,10-11,14H,5-6,8-9,12H2,1-2H3. The van der Waals surface area contributed by atoms with Crippen LogP contribution in [0, 0.1) is 5.92 Å². The van der Waals surface area contributed by atoms with Gasteiger partial charge in [0.25, 0.3) is 5.89 Å². The van der Waals surface area contributed by atoms with Crippen molar-refractivity contribution < 1.29 is 18.7 Å². The van der Waals surface area contributed by atoms with E-state index in [2.05, 4.69) is 9.88 Å². The number of methoxy groups -OCH3 is 2. The van der Waals surface area contributed by atoms with E-state index in [1.165, 1.54) is 18.0 Å². The topological polar surface area (TPSA) is 64.8 Å². The molecule has 2 aromatic rings. The number of nitrogens with zero attached hydrogens (tertiary/aromatic N) is 2. The average molecular weight is 330 g/mol. The van der Waals surface area contributed by atoms with Crippen molar-refractivity contribution >= 4 is 5.78 Å². The third kappa shape index (κ3) is 3.59. The van der Waals surface area contributed by atoms with Crippen molar-refractivity contribution in [3.8, 4) is 11.5 Å². The lowest BCUT2D eigenvalue weighted by Gasteiger charge is -2.30. The van der Waals surface area contributed by atoms with Crippen molar-refractivity contribution in [1.29, 1.82) is 0 Å². The van der Waals surface area contributed by atoms with Gasteiger partial charge in [0, 0.05) is 12.5 Å². The van der Waals surface area contributed by atoms with Crippen LogP contribution in [0.2, 0.25) is 0 Å². The Morgan fingerprint density at radius 3 is 2.62 bits per heavy atom. The monoisotopic (exact) mass is 330 g/mol. The van der Waals surface area contributed by atoms with Crippen molar-refractivity contribution in [3.63, 3.8) is 0 Å². The van der Waals surface area contributed by atoms with Gasteiger partial charge < -0.3 is 13.9 Å². The van der Waals surface area contributed by atoms with Gasteiger partial charge >= 0.3 is 0 Å². The number of hydrogen-bond donors (Lipinski definition) is 0. The van der Waals surface area contributed by atoms with E-state index >= 15 is 0 Å². The van der Waals surface area contributed by atoms with Gasteiger partial charge in [-0.1, -0.05) is 6.07 Å². The Morgan fingerprint density at radius 1 is 1.25 bits per heavy atom. The maximum Gasteiger partial charge on any atom is 0.263 e. The van der Waals surface area contributed by atoms with Crippen LogP contribution in [0.5, 0.6) is 11.5 Å². The van der Waals surface area contributed by atoms with Crippen LogP contribution in [0.15, 0.2) is 35.1 Å². The lowest BCUT2D eigenvalue weighted by atomic mass is 9.92. The molecule has 0 saturated carbocycles. The number of piperidine rings is 1. The van der Waals surface area contributed by atoms with Crippen LogP contribution in [0.25, 0.3) is 0 Å². The largest absolute Gasteiger partial charge is 0.493 e. The van der Waals surface area contributed by atoms with E-state index in [9.17, 15) is 4.79 Å². The first-order valence-corrected chi connectivity index (χ1v) is 8.08. The summed E-state index contributed by atoms with van der Waals surface area (Å²) in [5.74, 6) is 1.73. The van der Waals surface area contributed by atoms with Gasteiger partial charge in [-0.3, -0.25) is 9.69 Å². The van der Waals surface area contributed by atoms with Crippen LogP contribution in [0.3, 0.4) is 0 Å². The molecule has 0 bridgehead atoms. The molecular weight excluding hydrogens is 308 g/mol. The molecule has 3 rings (SSSR count). The molecular formula is C18H22N2O4. The fourth-order valence-electron chi connectivity index (χ4n) is 3.11. The Labute approximate surface area is 141 Å². The second-order valence-corrected chi connectivity index (χ2v) is 5.94. The molecule has 0 radical (unpaired) electrons. The summed E-state index contributed by atoms with van der Waals surface area (Å²) in [4.78, 5) is 18.6. The van der Waals surface area contributed by atoms with Gasteiger partial charge in [-0.15, -0.1) is 0 Å². The SMILES string of the molecule is COc1ccc(CN2CCC(C(=O)c3ncco3)CC2)cc1OC. The number of likely N-dealkylation sites (tertiary alicyclic amines) is 1. The van der Waals surface area contributed by atoms with Gasteiger partial charge in [-0.05, 0) is 43.6 Å². The maximum atomic E-state index is 12.3. The molecule has 6 heteroatoms. The van der Waals surface area contributed by atoms with Gasteiger partial charge in [-0.25, -0.2) is 4.98 Å². The third-order valence-corrected chi connectivity index (χ3v) is 4.46. The van der Waals surface area contributed by atoms with Crippen LogP contribution < -0.4 is 9.47 Å². The van der Waals surface area contributed by atoms with Crippen LogP contribution >= 0.6 is 0 Å². The zero-order valence-electron chi connectivity index (χ0n) is 14.0. The van der Waals surface area contributed by atoms with Crippen LogP contribution in [-0.2, 0) is 6.54 Å². The third-order valence-electron chi connectivity index (χ3n) is 4.46. The van der Waals surface area contributed by atoms with Crippen LogP contribution in [-0.4, -0.2) is 43.0 Å². The normalized spacial score (nSPS) is 16.1. The molecule has 0 spiro atoms. The first-order chi connectivity index (χ1) is 11.7. The van der Waals surface area contributed by atoms with Gasteiger partial charge in [0.15, 0.2) is 11.5 Å². The average Bonchev–Trinajstić information content (AvgIpc) is 3.16. The number of ether oxygens (including phenoxy) is 2. The van der Waals surface area contributed by atoms with Crippen LogP contribution in [0.4, 0.5) is 0 Å². The van der Waals surface area contributed by atoms with E-state index in [-0.39, 0.29) is 17.6 Å². The Hall–Kier alpha value is -2.34. The summed E-state index contributed by atoms with van der Waals surface area (Å²) in [6.45, 7) is 2.59. The van der Waals surface area contributed by atoms with Crippen molar-refractivity contribution in [2.24, 2.45) is 5.92 Å². The Bertz CT molecular complexity index is 676. The second-order valence-electron chi connectivity index (χ2n) is 5.94. The molecule has 0 unspecified atom stereocenters. The predicted molar refractivity (Wildman–Crippen MR) is 88.4 cm³/mol. The number of benzene rings is 1. The predicted octanol–water partition coefficient (Wildman–Crippen LogP) is 2.79. The highest BCUT2D eigenvalue weighted by atomic mass is 16.5. The van der Waals surface area contributed by atoms with E-state index < -0.39 is 0 Å². The lowest BCUT2D eigenvalue weighted by Crippen LogP contribution is -2.36. The summed E-state index contributed by atoms with van der Waals surface area (Å²) in [7, 11) is 3.27. The van der Waals surface area contributed by atoms with Crippen LogP contribution in [0.1, 0.15) is 29.1 Å². The molecule has 128 valence electrons. The highest BCUT2D eigenvalue weighted by molar-refractivity contribution is 5.93. The molecule has 1 aliphatic rings. The molecule has 1 aliphatic heterocycles. The molecule has 1 aromatic carbocycles. The fourth-order valence-corrected chi connectivity index (χ4v) is 3.11. The minimum atomic E-state index is 0.00491. The molecule has 1 fully saturated rings. The Kier molecular flexibility index (Phi) is 5.15. The summed E-state index contributed by atoms with van der Waals surface area (Å²) in [5, 5.41) is 0. The summed E-state index contributed by atoms with van der Waals surface area (Å²) < 4.78 is 15.7. The second kappa shape index (κ2) is 7.49. The zero-order chi connectivity index (χ0) is 16.9. The molecule has 24 heavy (non-hydrogen) atoms. The van der Waals surface area contributed by atoms with E-state index in [0.29, 0.717) is 0 Å². The van der Waals surface area contributed by atoms with Crippen molar-refractivity contribution in [2.45, 2.75) is 19.4 Å². The van der Waals surface area contributed by atoms with Crippen molar-refractivity contribution in [3.05, 3.63) is 42.1 Å². The fraction of sp³-hybridized carbons (Fsp3) is 0.444. The molecule has 2 heterocycles. The van der Waals surface area contributed by atoms with E-state index in [1.54, 1.807) is 14.2 Å². The summed E-state index contributed by atoms with van der Waals surface area (Å²) >= 11 is 0. The minimum Gasteiger partial charge on any atom is -0.493 e. The first-order valence-electron chi connectivity index (χ1n) is 8.08. The van der Waals surface area contributed by atoms with Gasteiger partial charge in [0.1, 0.15) is 6.26 Å². The number of carbonyl (C=O) groups is 1. The number of rotatable bonds is 6. The molecule has 0 atom stereocenters. The number of hydrogen-bond acceptors (Lipinski definition) is 6. The summed E-state index contributed by atoms with van der Waals surface area (Å²) in [6, 6.07) is 5.97. The number of aromatic nitrogens is 1. The quantitative estimate of drug-likeness (QED) is 0.759. The summed E-state index contributed by atoms with van der Waals surface area (Å²) in [5.41, 5.74) is 1.17. The molecule has 1 aromatic heterocycles. The lowest BCUT2D eigenvalue weighted by molar-refractivity contribution is 0.0799. The van der Waals surface area contributed by atoms with Gasteiger partial charge in [0.2, 0.25) is 5.78 Å². The molecule has 0 N–H and O–H groups in total. The minimum absolute atomic E-state index is 0.00491. The van der Waals surface area contributed by atoms with E-state index in [4.69, 9.17) is 13.9 Å². The highest BCUT2D eigenvalue weighted by Gasteiger charge is 2.28. The van der Waals surface area contributed by atoms with E-state index in [0.717, 1.165) is 44.0 Å². The molecule has 0 amide bonds. The van der Waals surface area contributed by atoms with E-state index in [1.807, 2.05) is 18.2 Å². The number of ketones is 1. The highest BCUT2D eigenvalue weighted by Crippen LogP contribution is 2.29. The Morgan fingerprint density at radius 2 is 2.00 bits per heavy atom. The molecule has 6 nitrogen and oxygen atoms in total. The number of oxazole rings is 1. The number of Topliss-reactive ketones (excluding diaryl/α,β-unsaturated/α-hetero) is 1. The zero-order valence-corrected chi connectivity index (χ0v) is 14.0. The molecule has 1 saturated heterocycles. The van der Waals surface area contributed by atoms with Gasteiger partial charge in [0.05, 0.1) is 20.4 Å². The summed E-state index contributed by atoms with van der Waals surface area (Å²) in [6.07, 6.45) is 4.61. The van der Waals surface area contributed by atoms with Gasteiger partial charge in [-0.2, -0.15) is 0 Å². The smallest absolute Gasteiger partial charge is 0.263 e. The number of carbonyl (C=O) groups excluding carboxylic acids is 1. The van der Waals surface area contributed by atoms with Crippen molar-refractivity contribution in [1.82, 2.24) is 9.88 Å². The van der Waals surface area contributed by atoms with Crippen molar-refractivity contribution in [2.75, 3.05) is 27.3 Å². The Balaban J connectivity index is 1.56. The maximum absolute atomic E-state index is 12.3. The first kappa shape index (κ1) is 16.5. The molecule has 0 aliphatic carbocycles.